The molecule has 0 aliphatic rings. The third-order valence-corrected chi connectivity index (χ3v) is 3.78. The summed E-state index contributed by atoms with van der Waals surface area (Å²) in [5, 5.41) is 7.08. The van der Waals surface area contributed by atoms with Crippen molar-refractivity contribution in [1.82, 2.24) is 15.2 Å². The predicted octanol–water partition coefficient (Wildman–Crippen LogP) is 4.73. The smallest absolute Gasteiger partial charge is 0.226 e. The molecule has 0 N–H and O–H groups in total. The Kier molecular flexibility index (Phi) is 5.07. The highest BCUT2D eigenvalue weighted by Gasteiger charge is 2.36. The van der Waals surface area contributed by atoms with E-state index in [0.717, 1.165) is 12.0 Å². The molecule has 0 bridgehead atoms. The highest BCUT2D eigenvalue weighted by Crippen LogP contribution is 2.28. The van der Waals surface area contributed by atoms with E-state index in [1.807, 2.05) is 48.5 Å². The van der Waals surface area contributed by atoms with Gasteiger partial charge in [0.15, 0.2) is 0 Å². The molecule has 0 spiro atoms. The summed E-state index contributed by atoms with van der Waals surface area (Å²) in [6, 6.07) is 18.8. The van der Waals surface area contributed by atoms with Crippen LogP contribution in [-0.2, 0) is 19.0 Å². The van der Waals surface area contributed by atoms with Crippen LogP contribution in [0.3, 0.4) is 0 Å². The maximum absolute atomic E-state index is 12.9. The summed E-state index contributed by atoms with van der Waals surface area (Å²) < 4.78 is 38.8. The quantitative estimate of drug-likeness (QED) is 0.672. The number of aromatic nitrogens is 3. The van der Waals surface area contributed by atoms with Crippen molar-refractivity contribution in [2.45, 2.75) is 25.4 Å². The third kappa shape index (κ3) is 4.41. The molecule has 0 atom stereocenters. The van der Waals surface area contributed by atoms with Gasteiger partial charge >= 0.3 is 6.18 Å². The summed E-state index contributed by atoms with van der Waals surface area (Å²) in [5.41, 5.74) is 2.58. The van der Waals surface area contributed by atoms with Crippen molar-refractivity contribution in [3.8, 4) is 11.3 Å². The Morgan fingerprint density at radius 1 is 0.760 bits per heavy atom. The number of aryl methyl sites for hydroxylation is 2. The van der Waals surface area contributed by atoms with E-state index in [-0.39, 0.29) is 0 Å². The van der Waals surface area contributed by atoms with Gasteiger partial charge in [-0.3, -0.25) is 0 Å². The van der Waals surface area contributed by atoms with E-state index in [2.05, 4.69) is 15.2 Å². The second-order valence-corrected chi connectivity index (χ2v) is 5.63. The van der Waals surface area contributed by atoms with Gasteiger partial charge < -0.3 is 0 Å². The fourth-order valence-electron chi connectivity index (χ4n) is 2.58. The van der Waals surface area contributed by atoms with Crippen LogP contribution in [0.15, 0.2) is 60.7 Å². The van der Waals surface area contributed by atoms with Crippen molar-refractivity contribution in [2.75, 3.05) is 0 Å². The van der Waals surface area contributed by atoms with Gasteiger partial charge in [-0.05, 0) is 24.8 Å². The summed E-state index contributed by atoms with van der Waals surface area (Å²) in [4.78, 5) is 3.75. The molecule has 1 heterocycles. The Morgan fingerprint density at radius 2 is 1.40 bits per heavy atom. The summed E-state index contributed by atoms with van der Waals surface area (Å²) in [5.74, 6) is -1.19. The number of alkyl halides is 3. The van der Waals surface area contributed by atoms with Crippen molar-refractivity contribution in [3.05, 3.63) is 77.7 Å². The van der Waals surface area contributed by atoms with Crippen LogP contribution < -0.4 is 0 Å². The zero-order chi connectivity index (χ0) is 17.7. The van der Waals surface area contributed by atoms with Gasteiger partial charge in [0.25, 0.3) is 5.82 Å². The van der Waals surface area contributed by atoms with Gasteiger partial charge in [0.1, 0.15) is 5.69 Å². The molecule has 128 valence electrons. The molecule has 0 saturated carbocycles. The van der Waals surface area contributed by atoms with Crippen LogP contribution in [0.1, 0.15) is 23.5 Å². The second kappa shape index (κ2) is 7.42. The summed E-state index contributed by atoms with van der Waals surface area (Å²) >= 11 is 0. The lowest BCUT2D eigenvalue weighted by Crippen LogP contribution is -2.15. The van der Waals surface area contributed by atoms with Gasteiger partial charge in [0, 0.05) is 5.56 Å². The van der Waals surface area contributed by atoms with E-state index in [1.165, 1.54) is 0 Å². The molecule has 3 nitrogen and oxygen atoms in total. The second-order valence-electron chi connectivity index (χ2n) is 5.63. The van der Waals surface area contributed by atoms with Crippen LogP contribution in [0.4, 0.5) is 13.2 Å². The molecule has 6 heteroatoms. The fraction of sp³-hybridized carbons (Fsp3) is 0.211. The molecule has 0 amide bonds. The summed E-state index contributed by atoms with van der Waals surface area (Å²) in [7, 11) is 0. The van der Waals surface area contributed by atoms with Crippen LogP contribution in [0.2, 0.25) is 0 Å². The Labute approximate surface area is 143 Å². The van der Waals surface area contributed by atoms with E-state index in [1.54, 1.807) is 12.1 Å². The van der Waals surface area contributed by atoms with Crippen LogP contribution in [-0.4, -0.2) is 15.2 Å². The largest absolute Gasteiger partial charge is 0.453 e. The number of benzene rings is 2. The average Bonchev–Trinajstić information content (AvgIpc) is 2.62. The van der Waals surface area contributed by atoms with Crippen LogP contribution in [0.5, 0.6) is 0 Å². The number of nitrogens with zero attached hydrogens (tertiary/aromatic N) is 3. The summed E-state index contributed by atoms with van der Waals surface area (Å²) in [6.07, 6.45) is -2.76. The molecule has 0 aliphatic carbocycles. The SMILES string of the molecule is FC(F)(F)c1nnc(-c2ccccc2)c(CCCc2ccccc2)n1. The first-order valence-electron chi connectivity index (χ1n) is 7.94. The van der Waals surface area contributed by atoms with E-state index in [9.17, 15) is 13.2 Å². The molecule has 0 fully saturated rings. The van der Waals surface area contributed by atoms with Crippen molar-refractivity contribution >= 4 is 0 Å². The van der Waals surface area contributed by atoms with E-state index in [0.29, 0.717) is 29.8 Å². The van der Waals surface area contributed by atoms with Crippen molar-refractivity contribution < 1.29 is 13.2 Å². The van der Waals surface area contributed by atoms with Crippen LogP contribution in [0, 0.1) is 0 Å². The first kappa shape index (κ1) is 17.1. The topological polar surface area (TPSA) is 38.7 Å². The van der Waals surface area contributed by atoms with Gasteiger partial charge in [-0.15, -0.1) is 10.2 Å². The lowest BCUT2D eigenvalue weighted by Gasteiger charge is -2.11. The molecule has 1 aromatic heterocycles. The molecular formula is C19H16F3N3. The van der Waals surface area contributed by atoms with Crippen LogP contribution >= 0.6 is 0 Å². The number of rotatable bonds is 5. The normalized spacial score (nSPS) is 11.5. The minimum atomic E-state index is -4.60. The first-order valence-corrected chi connectivity index (χ1v) is 7.94. The molecule has 3 rings (SSSR count). The average molecular weight is 343 g/mol. The number of halogens is 3. The number of hydrogen-bond donors (Lipinski definition) is 0. The van der Waals surface area contributed by atoms with E-state index in [4.69, 9.17) is 0 Å². The maximum atomic E-state index is 12.9. The molecular weight excluding hydrogens is 327 g/mol. The minimum Gasteiger partial charge on any atom is -0.226 e. The summed E-state index contributed by atoms with van der Waals surface area (Å²) in [6.45, 7) is 0. The Bertz CT molecular complexity index is 818. The van der Waals surface area contributed by atoms with E-state index < -0.39 is 12.0 Å². The Morgan fingerprint density at radius 3 is 2.04 bits per heavy atom. The van der Waals surface area contributed by atoms with Gasteiger partial charge in [-0.25, -0.2) is 4.98 Å². The number of hydrogen-bond acceptors (Lipinski definition) is 3. The molecule has 0 unspecified atom stereocenters. The molecule has 0 radical (unpaired) electrons. The van der Waals surface area contributed by atoms with Gasteiger partial charge in [-0.1, -0.05) is 60.7 Å². The van der Waals surface area contributed by atoms with E-state index >= 15 is 0 Å². The molecule has 3 aromatic rings. The fourth-order valence-corrected chi connectivity index (χ4v) is 2.58. The molecule has 2 aromatic carbocycles. The lowest BCUT2D eigenvalue weighted by atomic mass is 10.0. The Balaban J connectivity index is 1.86. The minimum absolute atomic E-state index is 0.324. The highest BCUT2D eigenvalue weighted by molar-refractivity contribution is 5.60. The van der Waals surface area contributed by atoms with Gasteiger partial charge in [0.2, 0.25) is 0 Å². The first-order chi connectivity index (χ1) is 12.0. The molecule has 0 aliphatic heterocycles. The highest BCUT2D eigenvalue weighted by atomic mass is 19.4. The third-order valence-electron chi connectivity index (χ3n) is 3.78. The molecule has 0 saturated heterocycles. The monoisotopic (exact) mass is 343 g/mol. The molecule has 25 heavy (non-hydrogen) atoms. The van der Waals surface area contributed by atoms with Crippen molar-refractivity contribution in [3.63, 3.8) is 0 Å². The standard InChI is InChI=1S/C19H16F3N3/c20-19(21,22)18-23-16(13-7-10-14-8-3-1-4-9-14)17(24-25-18)15-11-5-2-6-12-15/h1-6,8-9,11-12H,7,10,13H2. The zero-order valence-electron chi connectivity index (χ0n) is 13.4. The maximum Gasteiger partial charge on any atom is 0.453 e. The van der Waals surface area contributed by atoms with Gasteiger partial charge in [0.05, 0.1) is 5.69 Å². The van der Waals surface area contributed by atoms with Gasteiger partial charge in [-0.2, -0.15) is 13.2 Å². The lowest BCUT2D eigenvalue weighted by molar-refractivity contribution is -0.145. The van der Waals surface area contributed by atoms with Crippen molar-refractivity contribution in [1.29, 1.82) is 0 Å². The van der Waals surface area contributed by atoms with Crippen LogP contribution in [0.25, 0.3) is 11.3 Å². The Hall–Kier alpha value is -2.76. The van der Waals surface area contributed by atoms with Crippen molar-refractivity contribution in [2.24, 2.45) is 0 Å². The zero-order valence-corrected chi connectivity index (χ0v) is 13.4. The predicted molar refractivity (Wildman–Crippen MR) is 88.7 cm³/mol.